The van der Waals surface area contributed by atoms with Gasteiger partial charge in [0.05, 0.1) is 11.0 Å². The van der Waals surface area contributed by atoms with E-state index in [4.69, 9.17) is 4.98 Å². The van der Waals surface area contributed by atoms with Gasteiger partial charge in [-0.15, -0.1) is 0 Å². The number of nitrogens with zero attached hydrogens (tertiary/aromatic N) is 3. The molecule has 0 bridgehead atoms. The molecular weight excluding hydrogens is 512 g/mol. The number of rotatable bonds is 5. The Labute approximate surface area is 218 Å². The molecule has 3 aromatic carbocycles. The molecule has 3 heterocycles. The summed E-state index contributed by atoms with van der Waals surface area (Å²) >= 11 is 3.78. The van der Waals surface area contributed by atoms with Crippen LogP contribution in [-0.4, -0.2) is 38.4 Å². The lowest BCUT2D eigenvalue weighted by Crippen LogP contribution is -2.30. The summed E-state index contributed by atoms with van der Waals surface area (Å²) in [5, 5.41) is 1.22. The molecule has 1 aliphatic carbocycles. The Hall–Kier alpha value is -3.38. The van der Waals surface area contributed by atoms with Gasteiger partial charge in [0, 0.05) is 47.3 Å². The quantitative estimate of drug-likeness (QED) is 0.265. The average molecular weight is 539 g/mol. The second-order valence-electron chi connectivity index (χ2n) is 10.2. The molecule has 5 aromatic rings. The third-order valence-electron chi connectivity index (χ3n) is 7.71. The van der Waals surface area contributed by atoms with Crippen LogP contribution in [0, 0.1) is 11.8 Å². The first-order valence-electron chi connectivity index (χ1n) is 12.8. The van der Waals surface area contributed by atoms with E-state index in [1.54, 1.807) is 0 Å². The fourth-order valence-corrected chi connectivity index (χ4v) is 6.18. The van der Waals surface area contributed by atoms with Crippen molar-refractivity contribution < 1.29 is 4.79 Å². The summed E-state index contributed by atoms with van der Waals surface area (Å²) in [5.74, 6) is 2.07. The number of aromatic nitrogens is 3. The molecule has 2 aromatic heterocycles. The molecule has 180 valence electrons. The Kier molecular flexibility index (Phi) is 5.24. The van der Waals surface area contributed by atoms with Crippen LogP contribution in [0.5, 0.6) is 0 Å². The van der Waals surface area contributed by atoms with E-state index < -0.39 is 0 Å². The molecule has 1 N–H and O–H groups in total. The van der Waals surface area contributed by atoms with Crippen LogP contribution in [-0.2, 0) is 11.3 Å². The van der Waals surface area contributed by atoms with Gasteiger partial charge in [0.15, 0.2) is 0 Å². The van der Waals surface area contributed by atoms with Gasteiger partial charge in [-0.3, -0.25) is 4.79 Å². The Morgan fingerprint density at radius 2 is 1.78 bits per heavy atom. The smallest absolute Gasteiger partial charge is 0.225 e. The maximum atomic E-state index is 12.6. The van der Waals surface area contributed by atoms with Crippen molar-refractivity contribution in [2.75, 3.05) is 13.1 Å². The Morgan fingerprint density at radius 1 is 0.972 bits per heavy atom. The van der Waals surface area contributed by atoms with Crippen LogP contribution in [0.2, 0.25) is 0 Å². The lowest BCUT2D eigenvalue weighted by atomic mass is 10.0. The lowest BCUT2D eigenvalue weighted by Gasteiger charge is -2.18. The van der Waals surface area contributed by atoms with Crippen molar-refractivity contribution in [2.24, 2.45) is 11.8 Å². The summed E-state index contributed by atoms with van der Waals surface area (Å²) in [7, 11) is 0. The summed E-state index contributed by atoms with van der Waals surface area (Å²) in [6.45, 7) is 2.58. The first-order valence-corrected chi connectivity index (χ1v) is 13.5. The highest BCUT2D eigenvalue weighted by Gasteiger charge is 2.36. The van der Waals surface area contributed by atoms with Gasteiger partial charge >= 0.3 is 0 Å². The zero-order valence-electron chi connectivity index (χ0n) is 20.0. The molecule has 1 aliphatic heterocycles. The number of imidazole rings is 1. The molecule has 36 heavy (non-hydrogen) atoms. The number of nitrogens with one attached hydrogen (secondary N) is 1. The number of fused-ring (bicyclic) bond motifs is 2. The zero-order chi connectivity index (χ0) is 24.2. The van der Waals surface area contributed by atoms with Crippen LogP contribution in [0.1, 0.15) is 19.3 Å². The van der Waals surface area contributed by atoms with E-state index >= 15 is 0 Å². The van der Waals surface area contributed by atoms with Crippen LogP contribution in [0.4, 0.5) is 0 Å². The third-order valence-corrected chi connectivity index (χ3v) is 8.35. The lowest BCUT2D eigenvalue weighted by molar-refractivity contribution is -0.131. The van der Waals surface area contributed by atoms with Crippen LogP contribution in [0.3, 0.4) is 0 Å². The van der Waals surface area contributed by atoms with Crippen molar-refractivity contribution in [3.8, 4) is 22.5 Å². The molecule has 7 rings (SSSR count). The largest absolute Gasteiger partial charge is 0.361 e. The number of H-pyrrole nitrogens is 1. The van der Waals surface area contributed by atoms with Gasteiger partial charge in [0.1, 0.15) is 5.82 Å². The van der Waals surface area contributed by atoms with Gasteiger partial charge in [-0.2, -0.15) is 0 Å². The SMILES string of the molecule is O=C(C1CC1)N1CC[C@@H](Cn2c(-c3ccc(-c4ccc5[nH]ccc5c4)cc3)nc3cccc(Br)c32)C1. The van der Waals surface area contributed by atoms with E-state index in [9.17, 15) is 4.79 Å². The molecule has 1 amide bonds. The van der Waals surface area contributed by atoms with Crippen LogP contribution in [0.15, 0.2) is 77.4 Å². The molecule has 0 spiro atoms. The van der Waals surface area contributed by atoms with Crippen molar-refractivity contribution in [1.82, 2.24) is 19.4 Å². The molecule has 0 unspecified atom stereocenters. The minimum Gasteiger partial charge on any atom is -0.361 e. The number of likely N-dealkylation sites (tertiary alicyclic amines) is 1. The predicted octanol–water partition coefficient (Wildman–Crippen LogP) is 6.87. The number of carbonyl (C=O) groups is 1. The third kappa shape index (κ3) is 3.84. The molecule has 0 radical (unpaired) electrons. The fourth-order valence-electron chi connectivity index (χ4n) is 5.61. The number of hydrogen-bond donors (Lipinski definition) is 1. The Balaban J connectivity index is 1.22. The highest BCUT2D eigenvalue weighted by atomic mass is 79.9. The summed E-state index contributed by atoms with van der Waals surface area (Å²) in [6.07, 6.45) is 5.16. The van der Waals surface area contributed by atoms with Crippen molar-refractivity contribution in [3.63, 3.8) is 0 Å². The Morgan fingerprint density at radius 3 is 2.61 bits per heavy atom. The van der Waals surface area contributed by atoms with Gasteiger partial charge in [0.2, 0.25) is 5.91 Å². The second-order valence-corrected chi connectivity index (χ2v) is 11.1. The number of halogens is 1. The van der Waals surface area contributed by atoms with E-state index in [0.717, 1.165) is 71.3 Å². The topological polar surface area (TPSA) is 53.9 Å². The molecule has 2 aliphatic rings. The van der Waals surface area contributed by atoms with Gasteiger partial charge in [-0.05, 0) is 88.0 Å². The minimum absolute atomic E-state index is 0.291. The van der Waals surface area contributed by atoms with Gasteiger partial charge in [-0.1, -0.05) is 36.4 Å². The van der Waals surface area contributed by atoms with E-state index in [2.05, 4.69) is 91.0 Å². The minimum atomic E-state index is 0.291. The van der Waals surface area contributed by atoms with Crippen LogP contribution >= 0.6 is 15.9 Å². The number of carbonyl (C=O) groups excluding carboxylic acids is 1. The van der Waals surface area contributed by atoms with Crippen molar-refractivity contribution >= 4 is 43.8 Å². The number of benzene rings is 3. The predicted molar refractivity (Wildman–Crippen MR) is 148 cm³/mol. The molecule has 5 nitrogen and oxygen atoms in total. The highest BCUT2D eigenvalue weighted by Crippen LogP contribution is 2.35. The molecular formula is C30H27BrN4O. The number of amides is 1. The van der Waals surface area contributed by atoms with E-state index in [-0.39, 0.29) is 0 Å². The molecule has 1 saturated carbocycles. The summed E-state index contributed by atoms with van der Waals surface area (Å²) in [4.78, 5) is 23.0. The summed E-state index contributed by atoms with van der Waals surface area (Å²) in [6, 6.07) is 23.6. The van der Waals surface area contributed by atoms with Crippen molar-refractivity contribution in [3.05, 3.63) is 77.4 Å². The first-order chi connectivity index (χ1) is 17.6. The van der Waals surface area contributed by atoms with Crippen LogP contribution < -0.4 is 0 Å². The van der Waals surface area contributed by atoms with E-state index in [1.807, 2.05) is 12.3 Å². The van der Waals surface area contributed by atoms with Crippen molar-refractivity contribution in [2.45, 2.75) is 25.8 Å². The zero-order valence-corrected chi connectivity index (χ0v) is 21.5. The monoisotopic (exact) mass is 538 g/mol. The van der Waals surface area contributed by atoms with Crippen molar-refractivity contribution in [1.29, 1.82) is 0 Å². The second kappa shape index (κ2) is 8.63. The normalized spacial score (nSPS) is 17.9. The maximum Gasteiger partial charge on any atom is 0.225 e. The summed E-state index contributed by atoms with van der Waals surface area (Å²) in [5.41, 5.74) is 6.77. The number of para-hydroxylation sites is 1. The van der Waals surface area contributed by atoms with Crippen LogP contribution in [0.25, 0.3) is 44.5 Å². The van der Waals surface area contributed by atoms with Gasteiger partial charge in [0.25, 0.3) is 0 Å². The molecule has 2 fully saturated rings. The fraction of sp³-hybridized carbons (Fsp3) is 0.267. The number of aromatic amines is 1. The van der Waals surface area contributed by atoms with Gasteiger partial charge < -0.3 is 14.5 Å². The summed E-state index contributed by atoms with van der Waals surface area (Å²) < 4.78 is 3.41. The van der Waals surface area contributed by atoms with E-state index in [0.29, 0.717) is 17.7 Å². The molecule has 1 saturated heterocycles. The molecule has 1 atom stereocenters. The first kappa shape index (κ1) is 21.9. The number of hydrogen-bond acceptors (Lipinski definition) is 2. The standard InChI is InChI=1S/C30H27BrN4O/c31-25-2-1-3-27-28(25)35(18-19-13-15-34(17-19)30(36)22-8-9-22)29(33-27)21-6-4-20(5-7-21)23-10-11-26-24(16-23)12-14-32-26/h1-7,10-12,14,16,19,22,32H,8-9,13,15,17-18H2/t19-/m1/s1. The highest BCUT2D eigenvalue weighted by molar-refractivity contribution is 9.10. The maximum absolute atomic E-state index is 12.6. The van der Waals surface area contributed by atoms with E-state index in [1.165, 1.54) is 16.5 Å². The Bertz CT molecular complexity index is 1590. The average Bonchev–Trinajstić information content (AvgIpc) is 3.29. The van der Waals surface area contributed by atoms with Gasteiger partial charge in [-0.25, -0.2) is 4.98 Å². The molecule has 6 heteroatoms.